The Bertz CT molecular complexity index is 558. The topological polar surface area (TPSA) is 79.0 Å². The molecule has 0 N–H and O–H groups in total. The highest BCUT2D eigenvalue weighted by Gasteiger charge is 2.34. The molecule has 1 aliphatic rings. The molecule has 0 saturated carbocycles. The van der Waals surface area contributed by atoms with Gasteiger partial charge in [-0.15, -0.1) is 0 Å². The van der Waals surface area contributed by atoms with E-state index in [1.54, 1.807) is 4.57 Å². The molecule has 7 heteroatoms. The van der Waals surface area contributed by atoms with Gasteiger partial charge in [-0.3, -0.25) is 0 Å². The van der Waals surface area contributed by atoms with Gasteiger partial charge in [-0.05, 0) is 26.2 Å². The molecule has 1 saturated heterocycles. The molecule has 6 nitrogen and oxygen atoms in total. The van der Waals surface area contributed by atoms with E-state index in [0.717, 1.165) is 12.8 Å². The van der Waals surface area contributed by atoms with Crippen molar-refractivity contribution in [2.75, 3.05) is 6.54 Å². The summed E-state index contributed by atoms with van der Waals surface area (Å²) < 4.78 is 27.8. The maximum atomic E-state index is 12.4. The molecule has 0 spiro atoms. The zero-order chi connectivity index (χ0) is 13.2. The number of hydrogen-bond donors (Lipinski definition) is 0. The van der Waals surface area contributed by atoms with Crippen LogP contribution in [-0.4, -0.2) is 34.9 Å². The van der Waals surface area contributed by atoms with Gasteiger partial charge in [0, 0.05) is 19.3 Å². The third-order valence-corrected chi connectivity index (χ3v) is 4.94. The van der Waals surface area contributed by atoms with Gasteiger partial charge in [0.25, 0.3) is 10.0 Å². The summed E-state index contributed by atoms with van der Waals surface area (Å²) in [4.78, 5) is 3.93. The molecule has 1 aromatic rings. The van der Waals surface area contributed by atoms with Crippen LogP contribution in [-0.2, 0) is 16.6 Å². The van der Waals surface area contributed by atoms with Crippen molar-refractivity contribution >= 4 is 10.0 Å². The van der Waals surface area contributed by atoms with E-state index in [1.165, 1.54) is 16.8 Å². The van der Waals surface area contributed by atoms with Crippen LogP contribution in [0.25, 0.3) is 0 Å². The molecule has 0 bridgehead atoms. The zero-order valence-electron chi connectivity index (χ0n) is 10.3. The van der Waals surface area contributed by atoms with Crippen LogP contribution in [0.3, 0.4) is 0 Å². The molecule has 1 aliphatic heterocycles. The lowest BCUT2D eigenvalue weighted by atomic mass is 10.1. The van der Waals surface area contributed by atoms with Gasteiger partial charge in [0.2, 0.25) is 0 Å². The fourth-order valence-electron chi connectivity index (χ4n) is 2.09. The number of imidazole rings is 1. The molecule has 2 heterocycles. The van der Waals surface area contributed by atoms with Crippen LogP contribution in [0.2, 0.25) is 0 Å². The van der Waals surface area contributed by atoms with Crippen molar-refractivity contribution in [3.63, 3.8) is 0 Å². The van der Waals surface area contributed by atoms with Gasteiger partial charge < -0.3 is 4.57 Å². The fraction of sp³-hybridized carbons (Fsp3) is 0.636. The van der Waals surface area contributed by atoms with Crippen molar-refractivity contribution in [1.29, 1.82) is 5.26 Å². The van der Waals surface area contributed by atoms with E-state index < -0.39 is 16.1 Å². The number of rotatable bonds is 3. The monoisotopic (exact) mass is 268 g/mol. The average molecular weight is 268 g/mol. The van der Waals surface area contributed by atoms with Crippen LogP contribution in [0.5, 0.6) is 0 Å². The van der Waals surface area contributed by atoms with E-state index in [4.69, 9.17) is 5.26 Å². The summed E-state index contributed by atoms with van der Waals surface area (Å²) in [6.45, 7) is 2.99. The maximum absolute atomic E-state index is 12.4. The van der Waals surface area contributed by atoms with E-state index in [0.29, 0.717) is 19.5 Å². The highest BCUT2D eigenvalue weighted by Crippen LogP contribution is 2.23. The van der Waals surface area contributed by atoms with Crippen molar-refractivity contribution < 1.29 is 8.42 Å². The first kappa shape index (κ1) is 13.1. The van der Waals surface area contributed by atoms with Gasteiger partial charge in [-0.1, -0.05) is 0 Å². The Kier molecular flexibility index (Phi) is 3.68. The summed E-state index contributed by atoms with van der Waals surface area (Å²) in [6.07, 6.45) is 5.31. The lowest BCUT2D eigenvalue weighted by molar-refractivity contribution is 0.296. The predicted molar refractivity (Wildman–Crippen MR) is 65.0 cm³/mol. The van der Waals surface area contributed by atoms with Gasteiger partial charge in [-0.25, -0.2) is 13.4 Å². The van der Waals surface area contributed by atoms with Crippen LogP contribution in [0.4, 0.5) is 0 Å². The van der Waals surface area contributed by atoms with Gasteiger partial charge in [0.15, 0.2) is 5.03 Å². The maximum Gasteiger partial charge on any atom is 0.263 e. The molecule has 0 radical (unpaired) electrons. The van der Waals surface area contributed by atoms with E-state index in [-0.39, 0.29) is 5.03 Å². The molecule has 1 atom stereocenters. The second kappa shape index (κ2) is 5.08. The van der Waals surface area contributed by atoms with Crippen LogP contribution in [0, 0.1) is 11.3 Å². The first-order valence-electron chi connectivity index (χ1n) is 6.03. The number of aryl methyl sites for hydroxylation is 1. The number of nitrogens with zero attached hydrogens (tertiary/aromatic N) is 4. The van der Waals surface area contributed by atoms with Crippen LogP contribution in [0.15, 0.2) is 17.6 Å². The van der Waals surface area contributed by atoms with E-state index >= 15 is 0 Å². The second-order valence-electron chi connectivity index (χ2n) is 4.30. The van der Waals surface area contributed by atoms with Gasteiger partial charge >= 0.3 is 0 Å². The number of nitriles is 1. The van der Waals surface area contributed by atoms with Crippen molar-refractivity contribution in [3.05, 3.63) is 12.5 Å². The van der Waals surface area contributed by atoms with Crippen LogP contribution < -0.4 is 0 Å². The van der Waals surface area contributed by atoms with Gasteiger partial charge in [-0.2, -0.15) is 9.57 Å². The Labute approximate surface area is 107 Å². The first-order valence-corrected chi connectivity index (χ1v) is 7.47. The normalized spacial score (nSPS) is 21.7. The van der Waals surface area contributed by atoms with Crippen LogP contribution in [0.1, 0.15) is 26.2 Å². The first-order chi connectivity index (χ1) is 8.59. The van der Waals surface area contributed by atoms with Crippen LogP contribution >= 0.6 is 0 Å². The summed E-state index contributed by atoms with van der Waals surface area (Å²) in [5.74, 6) is 0. The Balaban J connectivity index is 2.32. The lowest BCUT2D eigenvalue weighted by Gasteiger charge is -2.29. The molecule has 0 aromatic carbocycles. The SMILES string of the molecule is CCn1cnc(S(=O)(=O)N2CCCCC2C#N)c1. The molecule has 1 fully saturated rings. The molecule has 18 heavy (non-hydrogen) atoms. The minimum absolute atomic E-state index is 0.0338. The highest BCUT2D eigenvalue weighted by atomic mass is 32.2. The molecule has 1 aromatic heterocycles. The van der Waals surface area contributed by atoms with Crippen molar-refractivity contribution in [2.45, 2.75) is 43.8 Å². The van der Waals surface area contributed by atoms with Crippen molar-refractivity contribution in [1.82, 2.24) is 13.9 Å². The largest absolute Gasteiger partial charge is 0.336 e. The lowest BCUT2D eigenvalue weighted by Crippen LogP contribution is -2.42. The van der Waals surface area contributed by atoms with Gasteiger partial charge in [0.1, 0.15) is 6.04 Å². The van der Waals surface area contributed by atoms with E-state index in [9.17, 15) is 8.42 Å². The molecular weight excluding hydrogens is 252 g/mol. The Morgan fingerprint density at radius 2 is 2.33 bits per heavy atom. The second-order valence-corrected chi connectivity index (χ2v) is 6.14. The molecule has 98 valence electrons. The predicted octanol–water partition coefficient (Wildman–Crippen LogP) is 0.970. The standard InChI is InChI=1S/C11H16N4O2S/c1-2-14-8-11(13-9-14)18(16,17)15-6-4-3-5-10(15)7-12/h8-10H,2-6H2,1H3. The minimum atomic E-state index is -3.63. The highest BCUT2D eigenvalue weighted by molar-refractivity contribution is 7.89. The van der Waals surface area contributed by atoms with Crippen molar-refractivity contribution in [3.8, 4) is 6.07 Å². The summed E-state index contributed by atoms with van der Waals surface area (Å²) in [7, 11) is -3.63. The smallest absolute Gasteiger partial charge is 0.263 e. The summed E-state index contributed by atoms with van der Waals surface area (Å²) in [5, 5.41) is 9.08. The number of sulfonamides is 1. The Morgan fingerprint density at radius 1 is 1.56 bits per heavy atom. The number of piperidine rings is 1. The Hall–Kier alpha value is -1.39. The third kappa shape index (κ3) is 2.26. The van der Waals surface area contributed by atoms with E-state index in [2.05, 4.69) is 11.1 Å². The summed E-state index contributed by atoms with van der Waals surface area (Å²) in [6, 6.07) is 1.50. The summed E-state index contributed by atoms with van der Waals surface area (Å²) in [5.41, 5.74) is 0. The molecule has 2 rings (SSSR count). The van der Waals surface area contributed by atoms with Crippen molar-refractivity contribution in [2.24, 2.45) is 0 Å². The zero-order valence-corrected chi connectivity index (χ0v) is 11.1. The Morgan fingerprint density at radius 3 is 2.94 bits per heavy atom. The average Bonchev–Trinajstić information content (AvgIpc) is 2.88. The number of aromatic nitrogens is 2. The van der Waals surface area contributed by atoms with Gasteiger partial charge in [0.05, 0.1) is 12.4 Å². The quantitative estimate of drug-likeness (QED) is 0.818. The third-order valence-electron chi connectivity index (χ3n) is 3.15. The van der Waals surface area contributed by atoms with E-state index in [1.807, 2.05) is 6.92 Å². The molecule has 0 aliphatic carbocycles. The summed E-state index contributed by atoms with van der Waals surface area (Å²) >= 11 is 0. The number of hydrogen-bond acceptors (Lipinski definition) is 4. The minimum Gasteiger partial charge on any atom is -0.336 e. The molecule has 1 unspecified atom stereocenters. The molecule has 0 amide bonds. The molecular formula is C11H16N4O2S. The fourth-order valence-corrected chi connectivity index (χ4v) is 3.63.